The van der Waals surface area contributed by atoms with Crippen molar-refractivity contribution in [3.8, 4) is 22.7 Å². The molecule has 0 saturated carbocycles. The molecule has 0 spiro atoms. The monoisotopic (exact) mass is 1190 g/mol. The van der Waals surface area contributed by atoms with Crippen LogP contribution in [0.3, 0.4) is 0 Å². The number of hydrogen-bond acceptors (Lipinski definition) is 18. The van der Waals surface area contributed by atoms with Crippen molar-refractivity contribution in [2.45, 2.75) is 22.0 Å². The van der Waals surface area contributed by atoms with Gasteiger partial charge in [-0.1, -0.05) is 0 Å². The highest BCUT2D eigenvalue weighted by molar-refractivity contribution is 7.87. The Morgan fingerprint density at radius 3 is 0.553 bits per heavy atom. The summed E-state index contributed by atoms with van der Waals surface area (Å²) in [6.45, 7) is 0. The fourth-order valence-electron chi connectivity index (χ4n) is 5.21. The summed E-state index contributed by atoms with van der Waals surface area (Å²) in [5, 5.41) is 0. The molecule has 22 nitrogen and oxygen atoms in total. The van der Waals surface area contributed by atoms with Crippen LogP contribution >= 0.6 is 0 Å². The number of hydrogen-bond donors (Lipinski definition) is 2. The minimum atomic E-state index is -6.09. The Labute approximate surface area is 426 Å². The molecule has 0 aliphatic carbocycles. The fourth-order valence-corrected chi connectivity index (χ4v) is 5.21. The summed E-state index contributed by atoms with van der Waals surface area (Å²) in [4.78, 5) is 8.31. The number of alkyl halides is 12. The van der Waals surface area contributed by atoms with E-state index in [0.29, 0.717) is 11.4 Å². The van der Waals surface area contributed by atoms with E-state index in [0.717, 1.165) is 45.5 Å². The maximum atomic E-state index is 10.7. The zero-order chi connectivity index (χ0) is 59.7. The Bertz CT molecular complexity index is 2910. The minimum Gasteiger partial charge on any atom is -0.741 e. The van der Waals surface area contributed by atoms with Crippen molar-refractivity contribution in [2.75, 3.05) is 87.4 Å². The van der Waals surface area contributed by atoms with Crippen LogP contribution in [-0.2, 0) is 40.5 Å². The number of benzene rings is 1. The van der Waals surface area contributed by atoms with Crippen molar-refractivity contribution in [2.24, 2.45) is 0 Å². The highest BCUT2D eigenvalue weighted by atomic mass is 32.2. The van der Waals surface area contributed by atoms with Crippen molar-refractivity contribution in [3.05, 3.63) is 98.1 Å². The zero-order valence-electron chi connectivity index (χ0n) is 40.0. The van der Waals surface area contributed by atoms with Crippen LogP contribution in [0.15, 0.2) is 98.1 Å². The Morgan fingerprint density at radius 1 is 0.329 bits per heavy atom. The third kappa shape index (κ3) is 18.9. The summed E-state index contributed by atoms with van der Waals surface area (Å²) in [5.74, 6) is 0. The van der Waals surface area contributed by atoms with E-state index in [-0.39, 0.29) is 0 Å². The quantitative estimate of drug-likeness (QED) is 0.0741. The van der Waals surface area contributed by atoms with Crippen molar-refractivity contribution < 1.29 is 123 Å². The van der Waals surface area contributed by atoms with Crippen molar-refractivity contribution in [3.63, 3.8) is 0 Å². The van der Waals surface area contributed by atoms with Crippen LogP contribution in [0.5, 0.6) is 0 Å². The smallest absolute Gasteiger partial charge is 0.485 e. The topological polar surface area (TPSA) is 309 Å². The molecule has 426 valence electrons. The summed E-state index contributed by atoms with van der Waals surface area (Å²) in [5.41, 5.74) is 0.141. The number of rotatable bonds is 8. The fraction of sp³-hybridized carbons (Fsp3) is 0.316. The van der Waals surface area contributed by atoms with Gasteiger partial charge in [0.2, 0.25) is 0 Å². The lowest BCUT2D eigenvalue weighted by Gasteiger charge is -2.15. The van der Waals surface area contributed by atoms with Gasteiger partial charge in [0.1, 0.15) is 11.4 Å². The number of nitrogen functional groups attached to an aromatic ring is 2. The molecule has 1 aromatic carbocycles. The number of aromatic nitrogens is 4. The molecule has 4 heterocycles. The van der Waals surface area contributed by atoms with E-state index >= 15 is 0 Å². The molecule has 0 atom stereocenters. The molecule has 4 aromatic heterocycles. The molecule has 38 heteroatoms. The van der Waals surface area contributed by atoms with Crippen LogP contribution < -0.4 is 49.3 Å². The lowest BCUT2D eigenvalue weighted by Crippen LogP contribution is -2.48. The summed E-state index contributed by atoms with van der Waals surface area (Å²) in [6, 6.07) is 16.7. The maximum Gasteiger partial charge on any atom is 0.485 e. The van der Waals surface area contributed by atoms with Crippen LogP contribution in [0.4, 0.5) is 86.8 Å². The first-order valence-corrected chi connectivity index (χ1v) is 25.2. The molecule has 0 radical (unpaired) electrons. The lowest BCUT2D eigenvalue weighted by atomic mass is 10.1. The van der Waals surface area contributed by atoms with E-state index < -0.39 is 62.5 Å². The molecule has 0 amide bonds. The molecule has 76 heavy (non-hydrogen) atoms. The number of nitrogens with two attached hydrogens (primary N) is 2. The van der Waals surface area contributed by atoms with Crippen LogP contribution in [0.2, 0.25) is 0 Å². The molecule has 5 aromatic rings. The van der Waals surface area contributed by atoms with Gasteiger partial charge in [0.05, 0.1) is 0 Å². The second kappa shape index (κ2) is 25.1. The molecular weight excluding hydrogens is 1140 g/mol. The molecule has 0 aliphatic rings. The number of halogens is 12. The zero-order valence-corrected chi connectivity index (χ0v) is 43.3. The van der Waals surface area contributed by atoms with E-state index in [9.17, 15) is 52.7 Å². The van der Waals surface area contributed by atoms with Crippen LogP contribution in [0.1, 0.15) is 0 Å². The summed E-state index contributed by atoms with van der Waals surface area (Å²) >= 11 is 0. The lowest BCUT2D eigenvalue weighted by molar-refractivity contribution is -0.661. The summed E-state index contributed by atoms with van der Waals surface area (Å²) in [6.07, 6.45) is 16.4. The number of nitrogens with zero attached hydrogens (tertiary/aromatic N) is 8. The first-order chi connectivity index (χ1) is 34.0. The van der Waals surface area contributed by atoms with Crippen LogP contribution in [0.25, 0.3) is 22.7 Å². The van der Waals surface area contributed by atoms with Gasteiger partial charge >= 0.3 is 44.8 Å². The van der Waals surface area contributed by atoms with Crippen LogP contribution in [0, 0.1) is 0 Å². The van der Waals surface area contributed by atoms with E-state index in [4.69, 9.17) is 63.3 Å². The van der Waals surface area contributed by atoms with E-state index in [1.807, 2.05) is 90.3 Å². The average Bonchev–Trinajstić information content (AvgIpc) is 3.25. The first kappa shape index (κ1) is 67.4. The summed E-state index contributed by atoms with van der Waals surface area (Å²) in [7, 11) is -8.11. The predicted octanol–water partition coefficient (Wildman–Crippen LogP) is 2.43. The molecule has 0 aliphatic heterocycles. The average molecular weight is 1190 g/mol. The molecule has 4 N–H and O–H groups in total. The Hall–Kier alpha value is -6.58. The highest BCUT2D eigenvalue weighted by Crippen LogP contribution is 2.35. The van der Waals surface area contributed by atoms with Crippen LogP contribution in [-0.4, -0.2) is 130 Å². The molecular formula is C38H44F12N10O12S4. The van der Waals surface area contributed by atoms with Gasteiger partial charge in [0.15, 0.2) is 90.0 Å². The molecule has 0 bridgehead atoms. The molecule has 0 saturated heterocycles. The molecule has 5 rings (SSSR count). The first-order valence-electron chi connectivity index (χ1n) is 19.6. The van der Waals surface area contributed by atoms with Gasteiger partial charge < -0.3 is 49.3 Å². The highest BCUT2D eigenvalue weighted by Gasteiger charge is 2.44. The second-order valence-corrected chi connectivity index (χ2v) is 20.7. The Kier molecular flexibility index (Phi) is 22.2. The van der Waals surface area contributed by atoms with Crippen molar-refractivity contribution >= 4 is 74.6 Å². The van der Waals surface area contributed by atoms with Crippen molar-refractivity contribution in [1.29, 1.82) is 0 Å². The van der Waals surface area contributed by atoms with Gasteiger partial charge in [-0.3, -0.25) is 0 Å². The Balaban J connectivity index is 0.000000726. The predicted molar refractivity (Wildman–Crippen MR) is 242 cm³/mol. The molecule has 0 unspecified atom stereocenters. The van der Waals surface area contributed by atoms with Gasteiger partial charge in [-0.15, -0.1) is 0 Å². The number of pyridine rings is 4. The van der Waals surface area contributed by atoms with Gasteiger partial charge in [-0.2, -0.15) is 71.0 Å². The number of anilines is 6. The third-order valence-electron chi connectivity index (χ3n) is 8.95. The third-order valence-corrected chi connectivity index (χ3v) is 11.2. The summed E-state index contributed by atoms with van der Waals surface area (Å²) < 4.78 is 244. The second-order valence-electron chi connectivity index (χ2n) is 15.3. The normalized spacial score (nSPS) is 12.2. The van der Waals surface area contributed by atoms with Gasteiger partial charge in [0.25, 0.3) is 0 Å². The SMILES string of the molecule is CN(C)c1cc[n+](-c2c(N)c(N)c(-[n+]3ccc(N(C)C)cc3)c(-[n+]3ccc(N(C)C)cc3)c2-[n+]2ccc(N(C)C)cc2)cc1.O=S(=O)([O-])C(F)(F)F.O=S(=O)([O-])C(F)(F)F.O=S(=O)([O-])C(F)(F)F.O=S(=O)([O-])C(F)(F)F. The van der Waals surface area contributed by atoms with E-state index in [1.165, 1.54) is 0 Å². The van der Waals surface area contributed by atoms with Gasteiger partial charge in [0, 0.05) is 128 Å². The van der Waals surface area contributed by atoms with E-state index in [1.54, 1.807) is 0 Å². The van der Waals surface area contributed by atoms with Crippen molar-refractivity contribution in [1.82, 2.24) is 0 Å². The van der Waals surface area contributed by atoms with Gasteiger partial charge in [-0.05, 0) is 0 Å². The van der Waals surface area contributed by atoms with Gasteiger partial charge in [-0.25, -0.2) is 33.7 Å². The largest absolute Gasteiger partial charge is 0.741 e. The molecule has 0 fully saturated rings. The van der Waals surface area contributed by atoms with E-state index in [2.05, 4.69) is 102 Å². The standard InChI is InChI=1S/C34H44N10.4CHF3O3S/c1-37(2)25-9-17-41(18-10-25)31-29(35)30(36)32(42-19-11-26(12-20-42)38(3)4)34(44-23-15-28(16-24-44)40(7)8)33(31)43-21-13-27(14-22-43)39(5)6;4*2-1(3,4)8(5,6)7/h9-24H,35-36H2,1-8H3;4*(H,5,6,7)/q+4;;;;/p-4. The maximum absolute atomic E-state index is 10.7. The minimum absolute atomic E-state index is 0.486. The Morgan fingerprint density at radius 2 is 0.447 bits per heavy atom.